The minimum Gasteiger partial charge on any atom is -0.482 e. The summed E-state index contributed by atoms with van der Waals surface area (Å²) < 4.78 is 5.50. The molecule has 28 heavy (non-hydrogen) atoms. The summed E-state index contributed by atoms with van der Waals surface area (Å²) in [6, 6.07) is 1.94. The smallest absolute Gasteiger partial charge is 0.341 e. The first kappa shape index (κ1) is 20.6. The van der Waals surface area contributed by atoms with Crippen LogP contribution in [0.15, 0.2) is 6.07 Å². The van der Waals surface area contributed by atoms with Gasteiger partial charge >= 0.3 is 5.97 Å². The highest BCUT2D eigenvalue weighted by Gasteiger charge is 2.33. The van der Waals surface area contributed by atoms with Crippen LogP contribution in [0.4, 0.5) is 0 Å². The van der Waals surface area contributed by atoms with E-state index in [1.807, 2.05) is 31.7 Å². The van der Waals surface area contributed by atoms with Crippen molar-refractivity contribution in [1.29, 1.82) is 0 Å². The zero-order chi connectivity index (χ0) is 20.4. The lowest BCUT2D eigenvalue weighted by Gasteiger charge is -2.36. The van der Waals surface area contributed by atoms with Crippen molar-refractivity contribution in [1.82, 2.24) is 4.90 Å². The van der Waals surface area contributed by atoms with Crippen LogP contribution >= 0.6 is 0 Å². The van der Waals surface area contributed by atoms with Gasteiger partial charge in [-0.3, -0.25) is 4.79 Å². The Kier molecular flexibility index (Phi) is 6.28. The molecule has 1 saturated heterocycles. The summed E-state index contributed by atoms with van der Waals surface area (Å²) in [5, 5.41) is 18.6. The van der Waals surface area contributed by atoms with E-state index in [1.165, 1.54) is 11.1 Å². The molecule has 1 amide bonds. The number of aliphatic carboxylic acids is 1. The van der Waals surface area contributed by atoms with Crippen molar-refractivity contribution in [3.8, 4) is 5.75 Å². The van der Waals surface area contributed by atoms with E-state index in [2.05, 4.69) is 0 Å². The molecule has 6 heteroatoms. The lowest BCUT2D eigenvalue weighted by atomic mass is 9.74. The van der Waals surface area contributed by atoms with Crippen LogP contribution in [0.25, 0.3) is 0 Å². The Morgan fingerprint density at radius 2 is 1.89 bits per heavy atom. The third-order valence-corrected chi connectivity index (χ3v) is 6.47. The molecule has 0 spiro atoms. The van der Waals surface area contributed by atoms with Gasteiger partial charge in [-0.1, -0.05) is 6.92 Å². The van der Waals surface area contributed by atoms with Crippen LogP contribution in [-0.2, 0) is 22.4 Å². The molecule has 1 aromatic carbocycles. The molecule has 2 atom stereocenters. The van der Waals surface area contributed by atoms with Crippen LogP contribution < -0.4 is 4.74 Å². The summed E-state index contributed by atoms with van der Waals surface area (Å²) in [5.41, 5.74) is 4.65. The average Bonchev–Trinajstić information content (AvgIpc) is 2.68. The number of benzene rings is 1. The quantitative estimate of drug-likeness (QED) is 0.808. The van der Waals surface area contributed by atoms with Crippen LogP contribution in [0.5, 0.6) is 5.75 Å². The molecule has 2 aliphatic rings. The van der Waals surface area contributed by atoms with Gasteiger partial charge in [0.2, 0.25) is 5.91 Å². The Morgan fingerprint density at radius 3 is 2.54 bits per heavy atom. The number of carbonyl (C=O) groups is 2. The van der Waals surface area contributed by atoms with E-state index in [9.17, 15) is 14.7 Å². The highest BCUT2D eigenvalue weighted by Crippen LogP contribution is 2.38. The second-order valence-electron chi connectivity index (χ2n) is 8.30. The van der Waals surface area contributed by atoms with Crippen LogP contribution in [0.1, 0.15) is 48.4 Å². The van der Waals surface area contributed by atoms with E-state index in [0.29, 0.717) is 31.7 Å². The number of aliphatic hydroxyl groups excluding tert-OH is 1. The lowest BCUT2D eigenvalue weighted by Crippen LogP contribution is -2.44. The fourth-order valence-corrected chi connectivity index (χ4v) is 4.62. The number of hydrogen-bond donors (Lipinski definition) is 2. The fourth-order valence-electron chi connectivity index (χ4n) is 4.62. The van der Waals surface area contributed by atoms with Gasteiger partial charge in [-0.05, 0) is 80.2 Å². The molecule has 154 valence electrons. The molecular weight excluding hydrogens is 358 g/mol. The van der Waals surface area contributed by atoms with Crippen LogP contribution in [0.3, 0.4) is 0 Å². The van der Waals surface area contributed by atoms with E-state index < -0.39 is 5.97 Å². The summed E-state index contributed by atoms with van der Waals surface area (Å²) in [6.07, 6.45) is 3.77. The van der Waals surface area contributed by atoms with Gasteiger partial charge in [-0.15, -0.1) is 0 Å². The van der Waals surface area contributed by atoms with Gasteiger partial charge in [-0.25, -0.2) is 4.79 Å². The highest BCUT2D eigenvalue weighted by atomic mass is 16.5. The van der Waals surface area contributed by atoms with Gasteiger partial charge in [0.1, 0.15) is 5.75 Å². The second-order valence-corrected chi connectivity index (χ2v) is 8.30. The van der Waals surface area contributed by atoms with E-state index >= 15 is 0 Å². The molecule has 1 aromatic rings. The van der Waals surface area contributed by atoms with Gasteiger partial charge in [0.15, 0.2) is 6.61 Å². The van der Waals surface area contributed by atoms with Crippen molar-refractivity contribution in [3.05, 3.63) is 28.3 Å². The molecule has 0 radical (unpaired) electrons. The molecule has 1 aliphatic heterocycles. The van der Waals surface area contributed by atoms with Crippen molar-refractivity contribution in [3.63, 3.8) is 0 Å². The first-order valence-corrected chi connectivity index (χ1v) is 10.2. The largest absolute Gasteiger partial charge is 0.482 e. The number of hydrogen-bond acceptors (Lipinski definition) is 4. The predicted molar refractivity (Wildman–Crippen MR) is 106 cm³/mol. The number of carboxylic acid groups (broad SMARTS) is 1. The van der Waals surface area contributed by atoms with Gasteiger partial charge in [0.05, 0.1) is 6.10 Å². The number of piperidine rings is 1. The number of carboxylic acids is 1. The molecule has 2 N–H and O–H groups in total. The zero-order valence-corrected chi connectivity index (χ0v) is 17.0. The maximum atomic E-state index is 13.0. The summed E-state index contributed by atoms with van der Waals surface area (Å²) in [7, 11) is 0. The number of ether oxygens (including phenoxy) is 1. The monoisotopic (exact) mass is 389 g/mol. The highest BCUT2D eigenvalue weighted by molar-refractivity contribution is 5.79. The Labute approximate surface area is 166 Å². The maximum absolute atomic E-state index is 13.0. The molecule has 0 saturated carbocycles. The minimum absolute atomic E-state index is 0.0632. The summed E-state index contributed by atoms with van der Waals surface area (Å²) in [5.74, 6) is 0.0289. The minimum atomic E-state index is -0.987. The number of nitrogens with zero attached hydrogens (tertiary/aromatic N) is 1. The average molecular weight is 389 g/mol. The number of amides is 1. The molecule has 6 nitrogen and oxygen atoms in total. The molecule has 1 fully saturated rings. The fraction of sp³-hybridized carbons (Fsp3) is 0.636. The first-order chi connectivity index (χ1) is 13.3. The van der Waals surface area contributed by atoms with E-state index in [0.717, 1.165) is 30.4 Å². The number of aryl methyl sites for hydroxylation is 1. The van der Waals surface area contributed by atoms with Crippen LogP contribution in [0.2, 0.25) is 0 Å². The molecule has 0 bridgehead atoms. The number of aliphatic hydroxyl groups is 1. The second kappa shape index (κ2) is 8.52. The first-order valence-electron chi connectivity index (χ1n) is 10.2. The van der Waals surface area contributed by atoms with Crippen LogP contribution in [-0.4, -0.2) is 52.8 Å². The van der Waals surface area contributed by atoms with Gasteiger partial charge < -0.3 is 19.8 Å². The number of carbonyl (C=O) groups excluding carboxylic acids is 1. The molecule has 1 heterocycles. The number of rotatable bonds is 5. The molecular formula is C22H31NO5. The van der Waals surface area contributed by atoms with Crippen molar-refractivity contribution in [2.45, 2.75) is 59.0 Å². The van der Waals surface area contributed by atoms with Crippen LogP contribution in [0, 0.1) is 25.7 Å². The molecule has 0 aromatic heterocycles. The van der Waals surface area contributed by atoms with Gasteiger partial charge in [0.25, 0.3) is 0 Å². The number of likely N-dealkylation sites (tertiary alicyclic amines) is 1. The van der Waals surface area contributed by atoms with E-state index in [4.69, 9.17) is 9.84 Å². The van der Waals surface area contributed by atoms with Crippen molar-refractivity contribution in [2.75, 3.05) is 19.7 Å². The third kappa shape index (κ3) is 4.32. The topological polar surface area (TPSA) is 87.1 Å². The maximum Gasteiger partial charge on any atom is 0.341 e. The van der Waals surface area contributed by atoms with Crippen molar-refractivity contribution >= 4 is 11.9 Å². The Hall–Kier alpha value is -2.08. The Morgan fingerprint density at radius 1 is 1.21 bits per heavy atom. The van der Waals surface area contributed by atoms with Gasteiger partial charge in [0, 0.05) is 19.0 Å². The zero-order valence-electron chi connectivity index (χ0n) is 17.0. The standard InChI is InChI=1S/C22H31NO5/c1-13-10-20(28-12-21(25)26)15(3)19-11-16(4-5-18(13)19)14(2)22(27)23-8-6-17(24)7-9-23/h10,14,16-17,24H,4-9,11-12H2,1-3H3,(H,25,26). The SMILES string of the molecule is Cc1cc(OCC(=O)O)c(C)c2c1CCC(C(C)C(=O)N1CCC(O)CC1)C2. The lowest BCUT2D eigenvalue weighted by molar-refractivity contribution is -0.140. The third-order valence-electron chi connectivity index (χ3n) is 6.47. The van der Waals surface area contributed by atoms with E-state index in [1.54, 1.807) is 0 Å². The Balaban J connectivity index is 1.75. The predicted octanol–water partition coefficient (Wildman–Crippen LogP) is 2.49. The summed E-state index contributed by atoms with van der Waals surface area (Å²) in [6.45, 7) is 6.97. The molecule has 3 rings (SSSR count). The summed E-state index contributed by atoms with van der Waals surface area (Å²) in [4.78, 5) is 25.7. The summed E-state index contributed by atoms with van der Waals surface area (Å²) >= 11 is 0. The van der Waals surface area contributed by atoms with Crippen molar-refractivity contribution in [2.24, 2.45) is 11.8 Å². The van der Waals surface area contributed by atoms with E-state index in [-0.39, 0.29) is 30.5 Å². The normalized spacial score (nSPS) is 21.1. The molecule has 2 unspecified atom stereocenters. The number of fused-ring (bicyclic) bond motifs is 1. The van der Waals surface area contributed by atoms with Crippen molar-refractivity contribution < 1.29 is 24.5 Å². The molecule has 1 aliphatic carbocycles. The Bertz CT molecular complexity index is 752. The van der Waals surface area contributed by atoms with Gasteiger partial charge in [-0.2, -0.15) is 0 Å².